The molecule has 2 heterocycles. The molecule has 0 radical (unpaired) electrons. The van der Waals surface area contributed by atoms with E-state index < -0.39 is 42.2 Å². The van der Waals surface area contributed by atoms with Gasteiger partial charge >= 0.3 is 0 Å². The van der Waals surface area contributed by atoms with E-state index in [1.807, 2.05) is 13.8 Å². The van der Waals surface area contributed by atoms with Gasteiger partial charge < -0.3 is 38.8 Å². The van der Waals surface area contributed by atoms with E-state index in [1.54, 1.807) is 13.8 Å². The number of hydrogen-bond donors (Lipinski definition) is 2. The van der Waals surface area contributed by atoms with E-state index in [0.29, 0.717) is 19.8 Å². The van der Waals surface area contributed by atoms with Crippen LogP contribution in [0.1, 0.15) is 131 Å². The molecule has 2 aliphatic heterocycles. The summed E-state index contributed by atoms with van der Waals surface area (Å²) in [6, 6.07) is -0.648. The average molecular weight is 614 g/mol. The molecule has 7 atom stereocenters. The number of hydrogen-bond acceptors (Lipinski definition) is 8. The van der Waals surface area contributed by atoms with Gasteiger partial charge in [0.1, 0.15) is 24.4 Å². The summed E-state index contributed by atoms with van der Waals surface area (Å²) in [5.74, 6) is -2.73. The van der Waals surface area contributed by atoms with Crippen LogP contribution in [0.2, 0.25) is 0 Å². The van der Waals surface area contributed by atoms with Crippen molar-refractivity contribution in [3.63, 3.8) is 0 Å². The fourth-order valence-corrected chi connectivity index (χ4v) is 6.03. The van der Waals surface area contributed by atoms with Gasteiger partial charge in [0.15, 0.2) is 6.29 Å². The smallest absolute Gasteiger partial charge is 0.220 e. The number of unbranched alkanes of at least 4 members (excludes halogenated alkanes) is 12. The first-order valence-electron chi connectivity index (χ1n) is 17.2. The van der Waals surface area contributed by atoms with Crippen molar-refractivity contribution in [3.8, 4) is 0 Å². The number of carbonyl (C=O) groups excluding carboxylic acids is 1. The molecule has 9 heteroatoms. The minimum absolute atomic E-state index is 0.236. The van der Waals surface area contributed by atoms with Crippen LogP contribution in [0.15, 0.2) is 12.2 Å². The molecule has 43 heavy (non-hydrogen) atoms. The van der Waals surface area contributed by atoms with Gasteiger partial charge in [0.05, 0.1) is 6.61 Å². The lowest BCUT2D eigenvalue weighted by atomic mass is 9.92. The van der Waals surface area contributed by atoms with Crippen molar-refractivity contribution in [3.05, 3.63) is 12.2 Å². The standard InChI is InChI=1S/C34H63NO8/c1-7-10-11-12-13-14-15-16-17-18-19-20-21-22-23-24-25-38-32-29(35-27(4)37)31-30(28(26-36)41-32)42-33(5,39-8-2)34(6,43-31)40-9-3/h16-17,28-32,36H,7-15,18-26H2,1-6H3,(H,35,37)/b17-16-/t28-,29-,30-,31-,32+,33+,34+/m1/s1. The van der Waals surface area contributed by atoms with Crippen LogP contribution < -0.4 is 5.32 Å². The number of nitrogens with one attached hydrogen (secondary N) is 1. The van der Waals surface area contributed by atoms with E-state index in [-0.39, 0.29) is 12.5 Å². The molecule has 0 bridgehead atoms. The first-order valence-corrected chi connectivity index (χ1v) is 17.2. The summed E-state index contributed by atoms with van der Waals surface area (Å²) >= 11 is 0. The minimum Gasteiger partial charge on any atom is -0.394 e. The summed E-state index contributed by atoms with van der Waals surface area (Å²) in [6.07, 6.45) is 19.2. The summed E-state index contributed by atoms with van der Waals surface area (Å²) in [5.41, 5.74) is 0. The van der Waals surface area contributed by atoms with Gasteiger partial charge in [-0.05, 0) is 59.8 Å². The summed E-state index contributed by atoms with van der Waals surface area (Å²) in [6.45, 7) is 11.9. The lowest BCUT2D eigenvalue weighted by molar-refractivity contribution is -0.478. The van der Waals surface area contributed by atoms with Crippen molar-refractivity contribution in [1.82, 2.24) is 5.32 Å². The maximum absolute atomic E-state index is 12.2. The fraction of sp³-hybridized carbons (Fsp3) is 0.912. The molecule has 0 spiro atoms. The van der Waals surface area contributed by atoms with Crippen molar-refractivity contribution in [2.75, 3.05) is 26.4 Å². The summed E-state index contributed by atoms with van der Waals surface area (Å²) < 4.78 is 37.2. The van der Waals surface area contributed by atoms with Gasteiger partial charge in [-0.15, -0.1) is 0 Å². The topological polar surface area (TPSA) is 105 Å². The molecular formula is C34H63NO8. The molecule has 0 saturated carbocycles. The van der Waals surface area contributed by atoms with E-state index >= 15 is 0 Å². The third kappa shape index (κ3) is 12.3. The molecule has 0 aromatic rings. The maximum Gasteiger partial charge on any atom is 0.220 e. The molecule has 0 aromatic heterocycles. The Bertz CT molecular complexity index is 781. The van der Waals surface area contributed by atoms with Crippen LogP contribution in [0, 0.1) is 0 Å². The van der Waals surface area contributed by atoms with Gasteiger partial charge in [-0.1, -0.05) is 76.9 Å². The third-order valence-corrected chi connectivity index (χ3v) is 8.52. The van der Waals surface area contributed by atoms with Gasteiger partial charge in [-0.25, -0.2) is 0 Å². The predicted octanol–water partition coefficient (Wildman–Crippen LogP) is 6.55. The number of aliphatic hydroxyl groups is 1. The number of carbonyl (C=O) groups is 1. The number of allylic oxidation sites excluding steroid dienone is 2. The Kier molecular flexibility index (Phi) is 18.5. The highest BCUT2D eigenvalue weighted by atomic mass is 16.8. The van der Waals surface area contributed by atoms with Crippen LogP contribution in [-0.2, 0) is 33.2 Å². The lowest BCUT2D eigenvalue weighted by Gasteiger charge is -2.57. The monoisotopic (exact) mass is 613 g/mol. The highest BCUT2D eigenvalue weighted by Gasteiger charge is 2.63. The largest absolute Gasteiger partial charge is 0.394 e. The summed E-state index contributed by atoms with van der Waals surface area (Å²) in [4.78, 5) is 12.2. The van der Waals surface area contributed by atoms with Gasteiger partial charge in [0.2, 0.25) is 17.5 Å². The first kappa shape index (κ1) is 38.1. The lowest BCUT2D eigenvalue weighted by Crippen LogP contribution is -2.75. The Labute approximate surface area is 261 Å². The molecule has 0 aliphatic carbocycles. The Hall–Kier alpha value is -1.07. The van der Waals surface area contributed by atoms with E-state index in [1.165, 1.54) is 77.6 Å². The molecule has 2 fully saturated rings. The van der Waals surface area contributed by atoms with Gasteiger partial charge in [-0.2, -0.15) is 0 Å². The highest BCUT2D eigenvalue weighted by Crippen LogP contribution is 2.44. The molecule has 2 N–H and O–H groups in total. The molecule has 1 amide bonds. The average Bonchev–Trinajstić information content (AvgIpc) is 2.96. The third-order valence-electron chi connectivity index (χ3n) is 8.52. The van der Waals surface area contributed by atoms with Gasteiger partial charge in [-0.3, -0.25) is 4.79 Å². The molecule has 0 unspecified atom stereocenters. The number of amides is 1. The molecule has 2 aliphatic rings. The van der Waals surface area contributed by atoms with Crippen molar-refractivity contribution in [2.24, 2.45) is 0 Å². The molecule has 2 saturated heterocycles. The van der Waals surface area contributed by atoms with Crippen molar-refractivity contribution in [1.29, 1.82) is 0 Å². The molecule has 252 valence electrons. The highest BCUT2D eigenvalue weighted by molar-refractivity contribution is 5.73. The Morgan fingerprint density at radius 1 is 0.791 bits per heavy atom. The fourth-order valence-electron chi connectivity index (χ4n) is 6.03. The van der Waals surface area contributed by atoms with Crippen molar-refractivity contribution >= 4 is 5.91 Å². The summed E-state index contributed by atoms with van der Waals surface area (Å²) in [5, 5.41) is 13.1. The van der Waals surface area contributed by atoms with Gasteiger partial charge in [0.25, 0.3) is 0 Å². The SMILES string of the molecule is CCCCCCCC/C=C\CCCCCCCCO[C@H]1O[C@H](CO)[C@H]2O[C@](C)(OCC)[C@@](C)(OCC)O[C@@H]2[C@H]1NC(C)=O. The first-order chi connectivity index (χ1) is 20.7. The molecule has 9 nitrogen and oxygen atoms in total. The van der Waals surface area contributed by atoms with Crippen LogP contribution in [0.3, 0.4) is 0 Å². The Morgan fingerprint density at radius 3 is 1.81 bits per heavy atom. The van der Waals surface area contributed by atoms with Crippen LogP contribution in [0.4, 0.5) is 0 Å². The number of ether oxygens (including phenoxy) is 6. The van der Waals surface area contributed by atoms with Gasteiger partial charge in [0, 0.05) is 26.7 Å². The zero-order valence-corrected chi connectivity index (χ0v) is 28.1. The quantitative estimate of drug-likeness (QED) is 0.0988. The minimum atomic E-state index is -1.25. The van der Waals surface area contributed by atoms with E-state index in [0.717, 1.165) is 19.3 Å². The second kappa shape index (κ2) is 20.9. The van der Waals surface area contributed by atoms with Crippen LogP contribution in [0.5, 0.6) is 0 Å². The number of rotatable bonds is 23. The van der Waals surface area contributed by atoms with Crippen molar-refractivity contribution < 1.29 is 38.3 Å². The van der Waals surface area contributed by atoms with Crippen LogP contribution >= 0.6 is 0 Å². The predicted molar refractivity (Wildman–Crippen MR) is 169 cm³/mol. The second-order valence-electron chi connectivity index (χ2n) is 12.2. The number of fused-ring (bicyclic) bond motifs is 1. The molecule has 2 rings (SSSR count). The zero-order chi connectivity index (χ0) is 31.6. The van der Waals surface area contributed by atoms with Crippen LogP contribution in [0.25, 0.3) is 0 Å². The molecular weight excluding hydrogens is 550 g/mol. The van der Waals surface area contributed by atoms with E-state index in [4.69, 9.17) is 28.4 Å². The Morgan fingerprint density at radius 2 is 1.30 bits per heavy atom. The van der Waals surface area contributed by atoms with Crippen LogP contribution in [-0.4, -0.2) is 79.7 Å². The Balaban J connectivity index is 1.77. The van der Waals surface area contributed by atoms with E-state index in [9.17, 15) is 9.90 Å². The normalized spacial score (nSPS) is 30.9. The van der Waals surface area contributed by atoms with E-state index in [2.05, 4.69) is 24.4 Å². The second-order valence-corrected chi connectivity index (χ2v) is 12.2. The maximum atomic E-state index is 12.2. The van der Waals surface area contributed by atoms with Crippen molar-refractivity contribution in [2.45, 2.75) is 174 Å². The number of aliphatic hydroxyl groups excluding tert-OH is 1. The summed E-state index contributed by atoms with van der Waals surface area (Å²) in [7, 11) is 0. The zero-order valence-electron chi connectivity index (χ0n) is 28.1. The molecule has 0 aromatic carbocycles.